The maximum absolute atomic E-state index is 13.5. The Morgan fingerprint density at radius 2 is 2.11 bits per heavy atom. The van der Waals surface area contributed by atoms with Crippen LogP contribution in [0, 0.1) is 5.82 Å². The van der Waals surface area contributed by atoms with Crippen LogP contribution < -0.4 is 5.32 Å². The Labute approximate surface area is 124 Å². The van der Waals surface area contributed by atoms with Gasteiger partial charge in [-0.1, -0.05) is 6.07 Å². The number of benzene rings is 1. The van der Waals surface area contributed by atoms with E-state index in [2.05, 4.69) is 47.1 Å². The van der Waals surface area contributed by atoms with Crippen LogP contribution in [0.25, 0.3) is 0 Å². The normalized spacial score (nSPS) is 10.3. The molecule has 0 aliphatic heterocycles. The summed E-state index contributed by atoms with van der Waals surface area (Å²) in [6.07, 6.45) is 1.38. The first-order valence-electron chi connectivity index (χ1n) is 4.96. The van der Waals surface area contributed by atoms with E-state index in [4.69, 9.17) is 0 Å². The first-order chi connectivity index (χ1) is 8.99. The molecule has 8 heteroatoms. The zero-order valence-electron chi connectivity index (χ0n) is 9.19. The van der Waals surface area contributed by atoms with E-state index in [0.29, 0.717) is 4.60 Å². The lowest BCUT2D eigenvalue weighted by molar-refractivity contribution is 0.102. The van der Waals surface area contributed by atoms with Gasteiger partial charge < -0.3 is 10.4 Å². The van der Waals surface area contributed by atoms with Crippen molar-refractivity contribution < 1.29 is 14.3 Å². The lowest BCUT2D eigenvalue weighted by Gasteiger charge is -2.08. The third-order valence-corrected chi connectivity index (χ3v) is 3.09. The van der Waals surface area contributed by atoms with Crippen LogP contribution in [0.15, 0.2) is 33.6 Å². The number of aromatic nitrogens is 2. The summed E-state index contributed by atoms with van der Waals surface area (Å²) in [7, 11) is 0. The second-order valence-corrected chi connectivity index (χ2v) is 4.98. The molecule has 1 amide bonds. The second kappa shape index (κ2) is 5.62. The molecule has 0 aliphatic carbocycles. The van der Waals surface area contributed by atoms with Gasteiger partial charge in [-0.05, 0) is 44.0 Å². The van der Waals surface area contributed by atoms with E-state index >= 15 is 0 Å². The van der Waals surface area contributed by atoms with Gasteiger partial charge in [-0.3, -0.25) is 4.79 Å². The summed E-state index contributed by atoms with van der Waals surface area (Å²) in [5, 5.41) is 11.9. The number of aromatic hydroxyl groups is 1. The number of nitrogens with zero attached hydrogens (tertiary/aromatic N) is 2. The van der Waals surface area contributed by atoms with E-state index in [0.717, 1.165) is 6.07 Å². The molecular formula is C11H6Br2FN3O2. The van der Waals surface area contributed by atoms with Gasteiger partial charge in [0, 0.05) is 0 Å². The molecule has 0 fully saturated rings. The van der Waals surface area contributed by atoms with Crippen LogP contribution in [-0.4, -0.2) is 21.0 Å². The molecule has 0 radical (unpaired) electrons. The zero-order chi connectivity index (χ0) is 14.0. The van der Waals surface area contributed by atoms with Gasteiger partial charge in [0.2, 0.25) is 0 Å². The lowest BCUT2D eigenvalue weighted by atomic mass is 10.2. The molecule has 0 bridgehead atoms. The Balaban J connectivity index is 2.31. The van der Waals surface area contributed by atoms with Crippen molar-refractivity contribution >= 4 is 43.6 Å². The molecule has 1 aromatic heterocycles. The van der Waals surface area contributed by atoms with Crippen LogP contribution in [0.4, 0.5) is 10.2 Å². The highest BCUT2D eigenvalue weighted by Crippen LogP contribution is 2.23. The van der Waals surface area contributed by atoms with Gasteiger partial charge in [0.05, 0.1) is 6.20 Å². The maximum Gasteiger partial charge on any atom is 0.263 e. The van der Waals surface area contributed by atoms with Crippen molar-refractivity contribution in [2.45, 2.75) is 0 Å². The van der Waals surface area contributed by atoms with Gasteiger partial charge in [0.15, 0.2) is 5.82 Å². The highest BCUT2D eigenvalue weighted by molar-refractivity contribution is 9.11. The Morgan fingerprint density at radius 1 is 1.37 bits per heavy atom. The zero-order valence-corrected chi connectivity index (χ0v) is 12.4. The molecule has 1 aromatic carbocycles. The fraction of sp³-hybridized carbons (Fsp3) is 0. The van der Waals surface area contributed by atoms with Crippen molar-refractivity contribution in [3.05, 3.63) is 45.0 Å². The number of nitrogens with one attached hydrogen (secondary N) is 1. The molecule has 0 saturated heterocycles. The van der Waals surface area contributed by atoms with Crippen LogP contribution in [0.2, 0.25) is 0 Å². The number of hydrogen-bond donors (Lipinski definition) is 2. The molecule has 0 aliphatic rings. The third-order valence-electron chi connectivity index (χ3n) is 2.15. The topological polar surface area (TPSA) is 75.1 Å². The van der Waals surface area contributed by atoms with E-state index in [-0.39, 0.29) is 10.4 Å². The molecular weight excluding hydrogens is 385 g/mol. The number of rotatable bonds is 2. The minimum atomic E-state index is -0.821. The molecule has 19 heavy (non-hydrogen) atoms. The first kappa shape index (κ1) is 13.9. The van der Waals surface area contributed by atoms with Crippen molar-refractivity contribution in [1.29, 1.82) is 0 Å². The molecule has 0 unspecified atom stereocenters. The molecule has 98 valence electrons. The van der Waals surface area contributed by atoms with E-state index in [9.17, 15) is 14.3 Å². The fourth-order valence-electron chi connectivity index (χ4n) is 1.34. The first-order valence-corrected chi connectivity index (χ1v) is 6.54. The van der Waals surface area contributed by atoms with Crippen LogP contribution in [-0.2, 0) is 0 Å². The summed E-state index contributed by atoms with van der Waals surface area (Å²) < 4.78 is 14.3. The van der Waals surface area contributed by atoms with Gasteiger partial charge in [-0.2, -0.15) is 0 Å². The highest BCUT2D eigenvalue weighted by Gasteiger charge is 2.18. The molecule has 2 aromatic rings. The quantitative estimate of drug-likeness (QED) is 0.826. The minimum Gasteiger partial charge on any atom is -0.507 e. The number of carbonyl (C=O) groups is 1. The number of phenols is 1. The highest BCUT2D eigenvalue weighted by atomic mass is 79.9. The number of amides is 1. The predicted molar refractivity (Wildman–Crippen MR) is 73.5 cm³/mol. The monoisotopic (exact) mass is 389 g/mol. The number of anilines is 1. The van der Waals surface area contributed by atoms with E-state index < -0.39 is 23.0 Å². The molecule has 1 heterocycles. The van der Waals surface area contributed by atoms with E-state index in [1.54, 1.807) is 0 Å². The Kier molecular flexibility index (Phi) is 4.11. The van der Waals surface area contributed by atoms with Crippen molar-refractivity contribution in [1.82, 2.24) is 9.97 Å². The Bertz CT molecular complexity index is 632. The van der Waals surface area contributed by atoms with Gasteiger partial charge in [0.25, 0.3) is 5.91 Å². The summed E-state index contributed by atoms with van der Waals surface area (Å²) >= 11 is 6.22. The van der Waals surface area contributed by atoms with Crippen LogP contribution in [0.1, 0.15) is 10.4 Å². The largest absolute Gasteiger partial charge is 0.507 e. The molecule has 0 saturated carbocycles. The average Bonchev–Trinajstić information content (AvgIpc) is 2.32. The number of halogens is 3. The summed E-state index contributed by atoms with van der Waals surface area (Å²) in [6, 6.07) is 3.61. The van der Waals surface area contributed by atoms with Gasteiger partial charge in [-0.25, -0.2) is 14.4 Å². The van der Waals surface area contributed by atoms with Crippen LogP contribution in [0.5, 0.6) is 5.75 Å². The van der Waals surface area contributed by atoms with Crippen molar-refractivity contribution in [2.75, 3.05) is 5.32 Å². The average molecular weight is 391 g/mol. The van der Waals surface area contributed by atoms with E-state index in [1.807, 2.05) is 0 Å². The number of hydrogen-bond acceptors (Lipinski definition) is 4. The van der Waals surface area contributed by atoms with Gasteiger partial charge in [0.1, 0.15) is 26.3 Å². The molecule has 0 atom stereocenters. The Morgan fingerprint density at radius 3 is 2.74 bits per heavy atom. The minimum absolute atomic E-state index is 0.121. The lowest BCUT2D eigenvalue weighted by Crippen LogP contribution is -2.15. The SMILES string of the molecule is O=C(Nc1ncc(Br)nc1Br)c1c(O)cccc1F. The molecule has 2 N–H and O–H groups in total. The molecule has 0 spiro atoms. The molecule has 5 nitrogen and oxygen atoms in total. The van der Waals surface area contributed by atoms with Crippen LogP contribution >= 0.6 is 31.9 Å². The Hall–Kier alpha value is -1.54. The summed E-state index contributed by atoms with van der Waals surface area (Å²) in [5.41, 5.74) is -0.445. The predicted octanol–water partition coefficient (Wildman–Crippen LogP) is 3.10. The van der Waals surface area contributed by atoms with E-state index in [1.165, 1.54) is 18.3 Å². The van der Waals surface area contributed by atoms with Crippen molar-refractivity contribution in [2.24, 2.45) is 0 Å². The van der Waals surface area contributed by atoms with Gasteiger partial charge >= 0.3 is 0 Å². The summed E-state index contributed by atoms with van der Waals surface area (Å²) in [4.78, 5) is 19.8. The molecule has 2 rings (SSSR count). The second-order valence-electron chi connectivity index (χ2n) is 3.42. The number of phenolic OH excluding ortho intramolecular Hbond substituents is 1. The maximum atomic E-state index is 13.5. The summed E-state index contributed by atoms with van der Waals surface area (Å²) in [6.45, 7) is 0. The van der Waals surface area contributed by atoms with Crippen LogP contribution in [0.3, 0.4) is 0 Å². The summed E-state index contributed by atoms with van der Waals surface area (Å²) in [5.74, 6) is -1.96. The van der Waals surface area contributed by atoms with Crippen molar-refractivity contribution in [3.63, 3.8) is 0 Å². The third kappa shape index (κ3) is 3.07. The van der Waals surface area contributed by atoms with Crippen molar-refractivity contribution in [3.8, 4) is 5.75 Å². The smallest absolute Gasteiger partial charge is 0.263 e. The fourth-order valence-corrected chi connectivity index (χ4v) is 2.25. The standard InChI is InChI=1S/C11H6Br2FN3O2/c12-7-4-15-10(9(13)16-7)17-11(19)8-5(14)2-1-3-6(8)18/h1-4,18H,(H,15,17,19). The van der Waals surface area contributed by atoms with Gasteiger partial charge in [-0.15, -0.1) is 0 Å². The number of carbonyl (C=O) groups excluding carboxylic acids is 1.